The normalized spacial score (nSPS) is 19.0. The van der Waals surface area contributed by atoms with Gasteiger partial charge in [0.15, 0.2) is 0 Å². The van der Waals surface area contributed by atoms with Crippen LogP contribution in [0, 0.1) is 0 Å². The van der Waals surface area contributed by atoms with E-state index in [1.807, 2.05) is 12.1 Å². The fourth-order valence-corrected chi connectivity index (χ4v) is 3.09. The van der Waals surface area contributed by atoms with Crippen molar-refractivity contribution in [1.82, 2.24) is 4.90 Å². The Hall–Kier alpha value is -1.71. The van der Waals surface area contributed by atoms with Crippen molar-refractivity contribution in [3.8, 4) is 0 Å². The van der Waals surface area contributed by atoms with E-state index in [2.05, 4.69) is 27.2 Å². The third-order valence-electron chi connectivity index (χ3n) is 4.23. The first-order valence-corrected chi connectivity index (χ1v) is 7.70. The number of fused-ring (bicyclic) bond motifs is 1. The standard InChI is InChI=1S/C16H23N3O/c20-16(18-10-5-1-2-6-11-18)13-19-12-9-17-14-7-3-4-8-15(14)19/h3-4,7-8,17H,1-2,5-6,9-13H2. The summed E-state index contributed by atoms with van der Waals surface area (Å²) < 4.78 is 0. The minimum absolute atomic E-state index is 0.281. The number of likely N-dealkylation sites (tertiary alicyclic amines) is 1. The summed E-state index contributed by atoms with van der Waals surface area (Å²) >= 11 is 0. The third kappa shape index (κ3) is 2.89. The molecular formula is C16H23N3O. The molecule has 1 amide bonds. The summed E-state index contributed by atoms with van der Waals surface area (Å²) in [4.78, 5) is 16.8. The van der Waals surface area contributed by atoms with Crippen molar-refractivity contribution in [2.45, 2.75) is 25.7 Å². The molecule has 20 heavy (non-hydrogen) atoms. The maximum absolute atomic E-state index is 12.5. The van der Waals surface area contributed by atoms with E-state index in [9.17, 15) is 4.79 Å². The Balaban J connectivity index is 1.67. The fraction of sp³-hybridized carbons (Fsp3) is 0.562. The predicted octanol–water partition coefficient (Wildman–Crippen LogP) is 2.32. The van der Waals surface area contributed by atoms with Crippen LogP contribution in [0.1, 0.15) is 25.7 Å². The number of para-hydroxylation sites is 2. The topological polar surface area (TPSA) is 35.6 Å². The molecule has 3 rings (SSSR count). The highest BCUT2D eigenvalue weighted by Crippen LogP contribution is 2.28. The molecule has 2 aliphatic heterocycles. The Morgan fingerprint density at radius 2 is 1.80 bits per heavy atom. The zero-order valence-corrected chi connectivity index (χ0v) is 12.0. The maximum atomic E-state index is 12.5. The van der Waals surface area contributed by atoms with Gasteiger partial charge in [-0.3, -0.25) is 4.79 Å². The summed E-state index contributed by atoms with van der Waals surface area (Å²) in [5.74, 6) is 0.281. The van der Waals surface area contributed by atoms with Crippen molar-refractivity contribution in [1.29, 1.82) is 0 Å². The Kier molecular flexibility index (Phi) is 4.09. The highest BCUT2D eigenvalue weighted by molar-refractivity contribution is 5.84. The first kappa shape index (κ1) is 13.3. The van der Waals surface area contributed by atoms with Crippen LogP contribution < -0.4 is 10.2 Å². The highest BCUT2D eigenvalue weighted by Gasteiger charge is 2.22. The van der Waals surface area contributed by atoms with Gasteiger partial charge in [0.05, 0.1) is 17.9 Å². The van der Waals surface area contributed by atoms with E-state index in [1.165, 1.54) is 12.8 Å². The van der Waals surface area contributed by atoms with Crippen molar-refractivity contribution in [3.05, 3.63) is 24.3 Å². The SMILES string of the molecule is O=C(CN1CCNc2ccccc21)N1CCCCCC1. The first-order chi connectivity index (χ1) is 9.84. The molecule has 0 unspecified atom stereocenters. The van der Waals surface area contributed by atoms with Gasteiger partial charge in [-0.25, -0.2) is 0 Å². The summed E-state index contributed by atoms with van der Waals surface area (Å²) in [6.07, 6.45) is 4.84. The second kappa shape index (κ2) is 6.16. The molecule has 1 aromatic rings. The zero-order chi connectivity index (χ0) is 13.8. The monoisotopic (exact) mass is 273 g/mol. The van der Waals surface area contributed by atoms with Gasteiger partial charge < -0.3 is 15.1 Å². The van der Waals surface area contributed by atoms with Crippen molar-refractivity contribution in [2.75, 3.05) is 42.9 Å². The summed E-state index contributed by atoms with van der Waals surface area (Å²) in [5.41, 5.74) is 2.30. The molecule has 0 aromatic heterocycles. The van der Waals surface area contributed by atoms with Crippen LogP contribution in [0.5, 0.6) is 0 Å². The molecule has 4 nitrogen and oxygen atoms in total. The van der Waals surface area contributed by atoms with Gasteiger partial charge in [0, 0.05) is 26.2 Å². The number of benzene rings is 1. The van der Waals surface area contributed by atoms with Gasteiger partial charge in [0.1, 0.15) is 0 Å². The van der Waals surface area contributed by atoms with Crippen LogP contribution in [0.4, 0.5) is 11.4 Å². The lowest BCUT2D eigenvalue weighted by molar-refractivity contribution is -0.129. The number of carbonyl (C=O) groups is 1. The van der Waals surface area contributed by atoms with Crippen LogP contribution in [0.15, 0.2) is 24.3 Å². The maximum Gasteiger partial charge on any atom is 0.242 e. The number of anilines is 2. The zero-order valence-electron chi connectivity index (χ0n) is 12.0. The number of hydrogen-bond donors (Lipinski definition) is 1. The number of hydrogen-bond acceptors (Lipinski definition) is 3. The molecule has 108 valence electrons. The lowest BCUT2D eigenvalue weighted by Crippen LogP contribution is -2.44. The van der Waals surface area contributed by atoms with Crippen LogP contribution in [0.25, 0.3) is 0 Å². The van der Waals surface area contributed by atoms with E-state index in [0.717, 1.165) is 50.4 Å². The summed E-state index contributed by atoms with van der Waals surface area (Å²) in [7, 11) is 0. The molecular weight excluding hydrogens is 250 g/mol. The van der Waals surface area contributed by atoms with Crippen molar-refractivity contribution in [3.63, 3.8) is 0 Å². The summed E-state index contributed by atoms with van der Waals surface area (Å²) in [6, 6.07) is 8.25. The largest absolute Gasteiger partial charge is 0.382 e. The molecule has 2 aliphatic rings. The van der Waals surface area contributed by atoms with E-state index in [-0.39, 0.29) is 5.91 Å². The Labute approximate surface area is 120 Å². The lowest BCUT2D eigenvalue weighted by atomic mass is 10.2. The molecule has 1 aromatic carbocycles. The molecule has 0 saturated carbocycles. The quantitative estimate of drug-likeness (QED) is 0.898. The van der Waals surface area contributed by atoms with E-state index < -0.39 is 0 Å². The van der Waals surface area contributed by atoms with Crippen LogP contribution >= 0.6 is 0 Å². The molecule has 0 atom stereocenters. The average Bonchev–Trinajstić information content (AvgIpc) is 2.77. The molecule has 0 spiro atoms. The van der Waals surface area contributed by atoms with Crippen LogP contribution in [0.2, 0.25) is 0 Å². The van der Waals surface area contributed by atoms with Crippen LogP contribution in [-0.4, -0.2) is 43.5 Å². The fourth-order valence-electron chi connectivity index (χ4n) is 3.09. The van der Waals surface area contributed by atoms with E-state index >= 15 is 0 Å². The van der Waals surface area contributed by atoms with Crippen LogP contribution in [0.3, 0.4) is 0 Å². The van der Waals surface area contributed by atoms with Gasteiger partial charge in [-0.1, -0.05) is 25.0 Å². The van der Waals surface area contributed by atoms with E-state index in [4.69, 9.17) is 0 Å². The molecule has 4 heteroatoms. The second-order valence-electron chi connectivity index (χ2n) is 5.66. The van der Waals surface area contributed by atoms with Gasteiger partial charge in [-0.2, -0.15) is 0 Å². The first-order valence-electron chi connectivity index (χ1n) is 7.70. The summed E-state index contributed by atoms with van der Waals surface area (Å²) in [5, 5.41) is 3.39. The summed E-state index contributed by atoms with van der Waals surface area (Å²) in [6.45, 7) is 4.19. The molecule has 0 radical (unpaired) electrons. The predicted molar refractivity (Wildman–Crippen MR) is 82.2 cm³/mol. The van der Waals surface area contributed by atoms with Gasteiger partial charge in [0.25, 0.3) is 0 Å². The molecule has 1 N–H and O–H groups in total. The number of carbonyl (C=O) groups excluding carboxylic acids is 1. The minimum Gasteiger partial charge on any atom is -0.382 e. The van der Waals surface area contributed by atoms with Gasteiger partial charge in [-0.15, -0.1) is 0 Å². The molecule has 0 aliphatic carbocycles. The molecule has 1 saturated heterocycles. The highest BCUT2D eigenvalue weighted by atomic mass is 16.2. The number of rotatable bonds is 2. The van der Waals surface area contributed by atoms with E-state index in [0.29, 0.717) is 6.54 Å². The van der Waals surface area contributed by atoms with Crippen molar-refractivity contribution < 1.29 is 4.79 Å². The average molecular weight is 273 g/mol. The van der Waals surface area contributed by atoms with Crippen LogP contribution in [-0.2, 0) is 4.79 Å². The smallest absolute Gasteiger partial charge is 0.242 e. The Bertz CT molecular complexity index is 467. The van der Waals surface area contributed by atoms with Gasteiger partial charge in [0.2, 0.25) is 5.91 Å². The van der Waals surface area contributed by atoms with E-state index in [1.54, 1.807) is 0 Å². The Morgan fingerprint density at radius 3 is 2.60 bits per heavy atom. The third-order valence-corrected chi connectivity index (χ3v) is 4.23. The minimum atomic E-state index is 0.281. The van der Waals surface area contributed by atoms with Crippen molar-refractivity contribution in [2.24, 2.45) is 0 Å². The van der Waals surface area contributed by atoms with Crippen molar-refractivity contribution >= 4 is 17.3 Å². The number of nitrogens with zero attached hydrogens (tertiary/aromatic N) is 2. The number of amides is 1. The lowest BCUT2D eigenvalue weighted by Gasteiger charge is -2.33. The molecule has 0 bridgehead atoms. The Morgan fingerprint density at radius 1 is 1.05 bits per heavy atom. The van der Waals surface area contributed by atoms with Gasteiger partial charge in [-0.05, 0) is 25.0 Å². The second-order valence-corrected chi connectivity index (χ2v) is 5.66. The molecule has 2 heterocycles. The molecule has 1 fully saturated rings. The number of nitrogens with one attached hydrogen (secondary N) is 1. The van der Waals surface area contributed by atoms with Gasteiger partial charge >= 0.3 is 0 Å².